The van der Waals surface area contributed by atoms with E-state index in [-0.39, 0.29) is 23.9 Å². The van der Waals surface area contributed by atoms with Crippen molar-refractivity contribution >= 4 is 17.2 Å². The standard InChI is InChI=1S/C14H23N3OS/c1-8-13(19-10(3)16-8)9(2)17(4)14(18)11-5-6-12(15)7-11/h9,11-12H,5-7,15H2,1-4H3/t9-,11+,12-/m0/s1. The number of aryl methyl sites for hydroxylation is 2. The Balaban J connectivity index is 2.08. The summed E-state index contributed by atoms with van der Waals surface area (Å²) in [6, 6.07) is 0.292. The summed E-state index contributed by atoms with van der Waals surface area (Å²) in [6.07, 6.45) is 2.73. The van der Waals surface area contributed by atoms with Crippen LogP contribution in [0, 0.1) is 19.8 Å². The zero-order chi connectivity index (χ0) is 14.2. The fourth-order valence-electron chi connectivity index (χ4n) is 2.83. The fourth-order valence-corrected chi connectivity index (χ4v) is 3.85. The van der Waals surface area contributed by atoms with Crippen LogP contribution >= 0.6 is 11.3 Å². The molecule has 19 heavy (non-hydrogen) atoms. The number of rotatable bonds is 3. The molecule has 0 aromatic carbocycles. The molecule has 0 unspecified atom stereocenters. The Hall–Kier alpha value is -0.940. The molecule has 1 aromatic heterocycles. The van der Waals surface area contributed by atoms with Crippen LogP contribution < -0.4 is 5.73 Å². The molecular weight excluding hydrogens is 258 g/mol. The van der Waals surface area contributed by atoms with Crippen molar-refractivity contribution in [1.82, 2.24) is 9.88 Å². The van der Waals surface area contributed by atoms with Gasteiger partial charge in [-0.25, -0.2) is 4.98 Å². The number of nitrogens with zero attached hydrogens (tertiary/aromatic N) is 2. The maximum Gasteiger partial charge on any atom is 0.226 e. The third-order valence-corrected chi connectivity index (χ3v) is 5.31. The van der Waals surface area contributed by atoms with Crippen LogP contribution in [0.5, 0.6) is 0 Å². The molecule has 106 valence electrons. The monoisotopic (exact) mass is 281 g/mol. The molecule has 0 spiro atoms. The Morgan fingerprint density at radius 1 is 1.47 bits per heavy atom. The second-order valence-electron chi connectivity index (χ2n) is 5.58. The highest BCUT2D eigenvalue weighted by Crippen LogP contribution is 2.32. The molecule has 0 radical (unpaired) electrons. The number of hydrogen-bond acceptors (Lipinski definition) is 4. The number of aromatic nitrogens is 1. The van der Waals surface area contributed by atoms with Crippen LogP contribution in [0.1, 0.15) is 47.8 Å². The molecule has 1 aliphatic rings. The molecule has 1 aromatic rings. The minimum Gasteiger partial charge on any atom is -0.338 e. The highest BCUT2D eigenvalue weighted by Gasteiger charge is 2.32. The smallest absolute Gasteiger partial charge is 0.226 e. The van der Waals surface area contributed by atoms with Gasteiger partial charge in [0.25, 0.3) is 0 Å². The van der Waals surface area contributed by atoms with E-state index >= 15 is 0 Å². The van der Waals surface area contributed by atoms with Crippen molar-refractivity contribution in [2.45, 2.75) is 52.1 Å². The molecule has 0 aliphatic heterocycles. The minimum absolute atomic E-state index is 0.0931. The van der Waals surface area contributed by atoms with Gasteiger partial charge in [0.15, 0.2) is 0 Å². The molecule has 4 nitrogen and oxygen atoms in total. The average molecular weight is 281 g/mol. The lowest BCUT2D eigenvalue weighted by Gasteiger charge is -2.27. The van der Waals surface area contributed by atoms with Gasteiger partial charge in [-0.15, -0.1) is 11.3 Å². The molecule has 3 atom stereocenters. The van der Waals surface area contributed by atoms with E-state index < -0.39 is 0 Å². The predicted molar refractivity (Wildman–Crippen MR) is 78.1 cm³/mol. The number of thiazole rings is 1. The first-order valence-corrected chi connectivity index (χ1v) is 7.68. The quantitative estimate of drug-likeness (QED) is 0.925. The Morgan fingerprint density at radius 3 is 2.63 bits per heavy atom. The van der Waals surface area contributed by atoms with E-state index in [0.29, 0.717) is 0 Å². The van der Waals surface area contributed by atoms with E-state index in [1.165, 1.54) is 4.88 Å². The first-order chi connectivity index (χ1) is 8.90. The third kappa shape index (κ3) is 2.98. The first kappa shape index (κ1) is 14.5. The van der Waals surface area contributed by atoms with Gasteiger partial charge < -0.3 is 10.6 Å². The number of carbonyl (C=O) groups excluding carboxylic acids is 1. The SMILES string of the molecule is Cc1nc(C)c([C@H](C)N(C)C(=O)[C@@H]2CC[C@H](N)C2)s1. The van der Waals surface area contributed by atoms with E-state index in [2.05, 4.69) is 11.9 Å². The summed E-state index contributed by atoms with van der Waals surface area (Å²) in [6.45, 7) is 6.09. The summed E-state index contributed by atoms with van der Waals surface area (Å²) in [5, 5.41) is 1.06. The van der Waals surface area contributed by atoms with Gasteiger partial charge in [0.1, 0.15) is 0 Å². The zero-order valence-electron chi connectivity index (χ0n) is 12.1. The van der Waals surface area contributed by atoms with Gasteiger partial charge in [-0.1, -0.05) is 0 Å². The second kappa shape index (κ2) is 5.59. The lowest BCUT2D eigenvalue weighted by atomic mass is 10.1. The molecule has 1 amide bonds. The highest BCUT2D eigenvalue weighted by atomic mass is 32.1. The maximum absolute atomic E-state index is 12.5. The van der Waals surface area contributed by atoms with Crippen LogP contribution in [-0.2, 0) is 4.79 Å². The van der Waals surface area contributed by atoms with Crippen molar-refractivity contribution in [2.24, 2.45) is 11.7 Å². The second-order valence-corrected chi connectivity index (χ2v) is 6.81. The van der Waals surface area contributed by atoms with Crippen molar-refractivity contribution in [3.8, 4) is 0 Å². The number of carbonyl (C=O) groups is 1. The van der Waals surface area contributed by atoms with Crippen LogP contribution in [0.25, 0.3) is 0 Å². The summed E-state index contributed by atoms with van der Waals surface area (Å²) in [5.74, 6) is 0.336. The molecule has 1 heterocycles. The van der Waals surface area contributed by atoms with E-state index in [1.54, 1.807) is 11.3 Å². The molecule has 0 bridgehead atoms. The van der Waals surface area contributed by atoms with Crippen molar-refractivity contribution in [2.75, 3.05) is 7.05 Å². The first-order valence-electron chi connectivity index (χ1n) is 6.86. The van der Waals surface area contributed by atoms with Gasteiger partial charge in [-0.3, -0.25) is 4.79 Å². The van der Waals surface area contributed by atoms with Gasteiger partial charge >= 0.3 is 0 Å². The largest absolute Gasteiger partial charge is 0.338 e. The third-order valence-electron chi connectivity index (χ3n) is 4.07. The Bertz CT molecular complexity index is 471. The van der Waals surface area contributed by atoms with Gasteiger partial charge in [-0.2, -0.15) is 0 Å². The summed E-state index contributed by atoms with van der Waals surface area (Å²) in [5.41, 5.74) is 6.94. The van der Waals surface area contributed by atoms with Crippen LogP contribution in [-0.4, -0.2) is 28.9 Å². The molecule has 0 saturated heterocycles. The summed E-state index contributed by atoms with van der Waals surface area (Å²) in [4.78, 5) is 20.0. The summed E-state index contributed by atoms with van der Waals surface area (Å²) < 4.78 is 0. The molecule has 1 aliphatic carbocycles. The Morgan fingerprint density at radius 2 is 2.16 bits per heavy atom. The lowest BCUT2D eigenvalue weighted by Crippen LogP contribution is -2.34. The predicted octanol–water partition coefficient (Wildman–Crippen LogP) is 2.41. The van der Waals surface area contributed by atoms with E-state index in [1.807, 2.05) is 25.8 Å². The molecular formula is C14H23N3OS. The summed E-state index contributed by atoms with van der Waals surface area (Å²) >= 11 is 1.68. The average Bonchev–Trinajstić information content (AvgIpc) is 2.92. The van der Waals surface area contributed by atoms with Crippen molar-refractivity contribution in [3.63, 3.8) is 0 Å². The van der Waals surface area contributed by atoms with Gasteiger partial charge in [0.2, 0.25) is 5.91 Å². The topological polar surface area (TPSA) is 59.2 Å². The molecule has 1 fully saturated rings. The number of amides is 1. The highest BCUT2D eigenvalue weighted by molar-refractivity contribution is 7.11. The van der Waals surface area contributed by atoms with Crippen LogP contribution in [0.15, 0.2) is 0 Å². The molecule has 5 heteroatoms. The fraction of sp³-hybridized carbons (Fsp3) is 0.714. The Kier molecular flexibility index (Phi) is 4.26. The lowest BCUT2D eigenvalue weighted by molar-refractivity contribution is -0.135. The van der Waals surface area contributed by atoms with Gasteiger partial charge in [0.05, 0.1) is 16.7 Å². The van der Waals surface area contributed by atoms with Gasteiger partial charge in [-0.05, 0) is 40.0 Å². The minimum atomic E-state index is 0.0931. The zero-order valence-corrected chi connectivity index (χ0v) is 13.0. The maximum atomic E-state index is 12.5. The van der Waals surface area contributed by atoms with Gasteiger partial charge in [0, 0.05) is 23.9 Å². The van der Waals surface area contributed by atoms with E-state index in [9.17, 15) is 4.79 Å². The van der Waals surface area contributed by atoms with Crippen molar-refractivity contribution in [3.05, 3.63) is 15.6 Å². The van der Waals surface area contributed by atoms with Crippen LogP contribution in [0.4, 0.5) is 0 Å². The van der Waals surface area contributed by atoms with Crippen molar-refractivity contribution in [1.29, 1.82) is 0 Å². The van der Waals surface area contributed by atoms with E-state index in [4.69, 9.17) is 5.73 Å². The van der Waals surface area contributed by atoms with Crippen molar-refractivity contribution < 1.29 is 4.79 Å². The number of hydrogen-bond donors (Lipinski definition) is 1. The normalized spacial score (nSPS) is 24.5. The number of nitrogens with two attached hydrogens (primary N) is 1. The molecule has 2 N–H and O–H groups in total. The summed E-state index contributed by atoms with van der Waals surface area (Å²) in [7, 11) is 1.89. The van der Waals surface area contributed by atoms with Crippen LogP contribution in [0.3, 0.4) is 0 Å². The molecule has 2 rings (SSSR count). The van der Waals surface area contributed by atoms with Crippen LogP contribution in [0.2, 0.25) is 0 Å². The molecule has 1 saturated carbocycles. The van der Waals surface area contributed by atoms with E-state index in [0.717, 1.165) is 30.0 Å². The Labute approximate surface area is 119 Å².